The van der Waals surface area contributed by atoms with Crippen molar-refractivity contribution in [3.05, 3.63) is 34.6 Å². The van der Waals surface area contributed by atoms with E-state index < -0.39 is 0 Å². The fourth-order valence-corrected chi connectivity index (χ4v) is 1.71. The van der Waals surface area contributed by atoms with Crippen molar-refractivity contribution in [3.63, 3.8) is 0 Å². The van der Waals surface area contributed by atoms with Gasteiger partial charge in [-0.1, -0.05) is 31.0 Å². The second-order valence-corrected chi connectivity index (χ2v) is 4.22. The summed E-state index contributed by atoms with van der Waals surface area (Å²) >= 11 is 5.86. The summed E-state index contributed by atoms with van der Waals surface area (Å²) < 4.78 is 12.8. The van der Waals surface area contributed by atoms with Crippen LogP contribution >= 0.6 is 11.6 Å². The molecule has 0 aromatic heterocycles. The van der Waals surface area contributed by atoms with Crippen LogP contribution in [-0.4, -0.2) is 17.8 Å². The standard InChI is InChI=1S/C12H17ClFNO/c1-2-3-11(16)8-15-7-9-4-5-10(14)6-12(9)13/h4-6,11,15-16H,2-3,7-8H2,1H3. The highest BCUT2D eigenvalue weighted by Gasteiger charge is 2.04. The van der Waals surface area contributed by atoms with E-state index in [1.165, 1.54) is 12.1 Å². The topological polar surface area (TPSA) is 32.3 Å². The molecule has 90 valence electrons. The summed E-state index contributed by atoms with van der Waals surface area (Å²) in [7, 11) is 0. The van der Waals surface area contributed by atoms with Crippen molar-refractivity contribution in [2.75, 3.05) is 6.54 Å². The van der Waals surface area contributed by atoms with E-state index in [0.29, 0.717) is 18.1 Å². The van der Waals surface area contributed by atoms with Gasteiger partial charge in [0.2, 0.25) is 0 Å². The Kier molecular flexibility index (Phi) is 5.74. The molecule has 2 nitrogen and oxygen atoms in total. The molecule has 2 N–H and O–H groups in total. The SMILES string of the molecule is CCCC(O)CNCc1ccc(F)cc1Cl. The Morgan fingerprint density at radius 2 is 2.25 bits per heavy atom. The average Bonchev–Trinajstić information content (AvgIpc) is 2.22. The molecule has 0 aliphatic heterocycles. The van der Waals surface area contributed by atoms with Crippen LogP contribution in [0.1, 0.15) is 25.3 Å². The quantitative estimate of drug-likeness (QED) is 0.808. The van der Waals surface area contributed by atoms with Gasteiger partial charge < -0.3 is 10.4 Å². The van der Waals surface area contributed by atoms with Crippen molar-refractivity contribution in [2.45, 2.75) is 32.4 Å². The summed E-state index contributed by atoms with van der Waals surface area (Å²) in [5, 5.41) is 13.0. The number of hydrogen-bond donors (Lipinski definition) is 2. The molecule has 1 atom stereocenters. The fraction of sp³-hybridized carbons (Fsp3) is 0.500. The summed E-state index contributed by atoms with van der Waals surface area (Å²) in [6.45, 7) is 3.10. The molecule has 0 heterocycles. The van der Waals surface area contributed by atoms with Crippen molar-refractivity contribution in [2.24, 2.45) is 0 Å². The lowest BCUT2D eigenvalue weighted by molar-refractivity contribution is 0.160. The third-order valence-electron chi connectivity index (χ3n) is 2.33. The van der Waals surface area contributed by atoms with E-state index in [4.69, 9.17) is 11.6 Å². The van der Waals surface area contributed by atoms with Crippen molar-refractivity contribution in [3.8, 4) is 0 Å². The number of benzene rings is 1. The van der Waals surface area contributed by atoms with Gasteiger partial charge in [0.05, 0.1) is 6.10 Å². The Morgan fingerprint density at radius 1 is 1.50 bits per heavy atom. The molecule has 0 bridgehead atoms. The minimum atomic E-state index is -0.334. The summed E-state index contributed by atoms with van der Waals surface area (Å²) in [4.78, 5) is 0. The maximum atomic E-state index is 12.8. The summed E-state index contributed by atoms with van der Waals surface area (Å²) in [6.07, 6.45) is 1.41. The Morgan fingerprint density at radius 3 is 2.88 bits per heavy atom. The molecule has 0 radical (unpaired) electrons. The van der Waals surface area contributed by atoms with Crippen LogP contribution in [0.25, 0.3) is 0 Å². The minimum absolute atomic E-state index is 0.329. The van der Waals surface area contributed by atoms with Gasteiger partial charge in [-0.15, -0.1) is 0 Å². The molecular formula is C12H17ClFNO. The molecule has 16 heavy (non-hydrogen) atoms. The first kappa shape index (κ1) is 13.4. The normalized spacial score (nSPS) is 12.8. The molecule has 0 amide bonds. The average molecular weight is 246 g/mol. The molecule has 1 aromatic carbocycles. The Labute approximate surface area is 100 Å². The lowest BCUT2D eigenvalue weighted by Gasteiger charge is -2.11. The van der Waals surface area contributed by atoms with E-state index in [0.717, 1.165) is 18.4 Å². The summed E-state index contributed by atoms with van der Waals surface area (Å²) in [6, 6.07) is 4.32. The van der Waals surface area contributed by atoms with E-state index in [2.05, 4.69) is 5.32 Å². The molecular weight excluding hydrogens is 229 g/mol. The number of halogens is 2. The smallest absolute Gasteiger partial charge is 0.124 e. The summed E-state index contributed by atoms with van der Waals surface area (Å²) in [5.41, 5.74) is 0.840. The number of hydrogen-bond acceptors (Lipinski definition) is 2. The van der Waals surface area contributed by atoms with Gasteiger partial charge in [-0.25, -0.2) is 4.39 Å². The van der Waals surface area contributed by atoms with Gasteiger partial charge in [0.15, 0.2) is 0 Å². The largest absolute Gasteiger partial charge is 0.392 e. The Hall–Kier alpha value is -0.640. The van der Waals surface area contributed by atoms with Crippen LogP contribution < -0.4 is 5.32 Å². The van der Waals surface area contributed by atoms with Crippen LogP contribution in [0, 0.1) is 5.82 Å². The summed E-state index contributed by atoms with van der Waals surface area (Å²) in [5.74, 6) is -0.334. The molecule has 1 rings (SSSR count). The van der Waals surface area contributed by atoms with Gasteiger partial charge in [-0.05, 0) is 24.1 Å². The Bertz CT molecular complexity index is 333. The van der Waals surface area contributed by atoms with Gasteiger partial charge in [-0.2, -0.15) is 0 Å². The highest BCUT2D eigenvalue weighted by Crippen LogP contribution is 2.16. The molecule has 0 fully saturated rings. The van der Waals surface area contributed by atoms with Gasteiger partial charge in [0.1, 0.15) is 5.82 Å². The van der Waals surface area contributed by atoms with Gasteiger partial charge >= 0.3 is 0 Å². The molecule has 0 aliphatic rings. The lowest BCUT2D eigenvalue weighted by Crippen LogP contribution is -2.26. The fourth-order valence-electron chi connectivity index (χ4n) is 1.47. The van der Waals surface area contributed by atoms with E-state index in [1.807, 2.05) is 6.92 Å². The second kappa shape index (κ2) is 6.84. The Balaban J connectivity index is 2.37. The lowest BCUT2D eigenvalue weighted by atomic mass is 10.2. The van der Waals surface area contributed by atoms with Crippen LogP contribution in [0.2, 0.25) is 5.02 Å². The van der Waals surface area contributed by atoms with Crippen LogP contribution in [0.3, 0.4) is 0 Å². The number of aliphatic hydroxyl groups is 1. The first-order valence-corrected chi connectivity index (χ1v) is 5.84. The molecule has 0 saturated heterocycles. The van der Waals surface area contributed by atoms with E-state index in [9.17, 15) is 9.50 Å². The number of nitrogens with one attached hydrogen (secondary N) is 1. The van der Waals surface area contributed by atoms with Crippen molar-refractivity contribution >= 4 is 11.6 Å². The van der Waals surface area contributed by atoms with Crippen LogP contribution in [0.4, 0.5) is 4.39 Å². The van der Waals surface area contributed by atoms with Crippen molar-refractivity contribution in [1.29, 1.82) is 0 Å². The third-order valence-corrected chi connectivity index (χ3v) is 2.68. The predicted octanol–water partition coefficient (Wildman–Crippen LogP) is 2.73. The van der Waals surface area contributed by atoms with Crippen molar-refractivity contribution in [1.82, 2.24) is 5.32 Å². The molecule has 1 aromatic rings. The highest BCUT2D eigenvalue weighted by atomic mass is 35.5. The zero-order valence-electron chi connectivity index (χ0n) is 9.34. The molecule has 0 saturated carbocycles. The van der Waals surface area contributed by atoms with Gasteiger partial charge in [0, 0.05) is 18.1 Å². The maximum absolute atomic E-state index is 12.8. The molecule has 0 spiro atoms. The predicted molar refractivity (Wildman–Crippen MR) is 64.0 cm³/mol. The van der Waals surface area contributed by atoms with Crippen LogP contribution in [0.15, 0.2) is 18.2 Å². The third kappa shape index (κ3) is 4.47. The number of aliphatic hydroxyl groups excluding tert-OH is 1. The number of rotatable bonds is 6. The monoisotopic (exact) mass is 245 g/mol. The van der Waals surface area contributed by atoms with E-state index in [1.54, 1.807) is 6.07 Å². The van der Waals surface area contributed by atoms with E-state index >= 15 is 0 Å². The minimum Gasteiger partial charge on any atom is -0.392 e. The molecule has 1 unspecified atom stereocenters. The van der Waals surface area contributed by atoms with Gasteiger partial charge in [0.25, 0.3) is 0 Å². The highest BCUT2D eigenvalue weighted by molar-refractivity contribution is 6.31. The first-order chi connectivity index (χ1) is 7.63. The second-order valence-electron chi connectivity index (χ2n) is 3.81. The molecule has 4 heteroatoms. The van der Waals surface area contributed by atoms with Crippen LogP contribution in [0.5, 0.6) is 0 Å². The van der Waals surface area contributed by atoms with Crippen LogP contribution in [-0.2, 0) is 6.54 Å². The van der Waals surface area contributed by atoms with Gasteiger partial charge in [-0.3, -0.25) is 0 Å². The first-order valence-electron chi connectivity index (χ1n) is 5.46. The molecule has 0 aliphatic carbocycles. The zero-order valence-corrected chi connectivity index (χ0v) is 10.1. The van der Waals surface area contributed by atoms with Crippen molar-refractivity contribution < 1.29 is 9.50 Å². The van der Waals surface area contributed by atoms with E-state index in [-0.39, 0.29) is 11.9 Å². The maximum Gasteiger partial charge on any atom is 0.124 e. The zero-order chi connectivity index (χ0) is 12.0.